The predicted molar refractivity (Wildman–Crippen MR) is 100 cm³/mol. The van der Waals surface area contributed by atoms with E-state index in [-0.39, 0.29) is 11.7 Å². The van der Waals surface area contributed by atoms with Crippen molar-refractivity contribution in [3.05, 3.63) is 65.0 Å². The highest BCUT2D eigenvalue weighted by atomic mass is 32.1. The molecule has 2 aromatic heterocycles. The number of aromatic nitrogens is 3. The van der Waals surface area contributed by atoms with E-state index >= 15 is 0 Å². The number of hydrogen-bond donors (Lipinski definition) is 2. The number of nitrogens with one attached hydrogen (secondary N) is 2. The van der Waals surface area contributed by atoms with Gasteiger partial charge in [-0.2, -0.15) is 0 Å². The van der Waals surface area contributed by atoms with Gasteiger partial charge in [0.05, 0.1) is 5.56 Å². The quantitative estimate of drug-likeness (QED) is 0.690. The first kappa shape index (κ1) is 17.9. The Bertz CT molecular complexity index is 881. The summed E-state index contributed by atoms with van der Waals surface area (Å²) in [6.45, 7) is 4.42. The number of amides is 1. The lowest BCUT2D eigenvalue weighted by molar-refractivity contribution is 0.102. The largest absolute Gasteiger partial charge is 0.369 e. The van der Waals surface area contributed by atoms with Crippen LogP contribution in [-0.2, 0) is 5.41 Å². The van der Waals surface area contributed by atoms with Crippen molar-refractivity contribution in [2.75, 3.05) is 17.2 Å². The summed E-state index contributed by atoms with van der Waals surface area (Å²) in [5, 5.41) is 13.7. The highest BCUT2D eigenvalue weighted by Crippen LogP contribution is 2.26. The zero-order valence-corrected chi connectivity index (χ0v) is 15.2. The molecule has 26 heavy (non-hydrogen) atoms. The fourth-order valence-corrected chi connectivity index (χ4v) is 2.89. The van der Waals surface area contributed by atoms with Crippen LogP contribution in [0.25, 0.3) is 0 Å². The van der Waals surface area contributed by atoms with E-state index in [1.54, 1.807) is 24.3 Å². The van der Waals surface area contributed by atoms with Gasteiger partial charge in [0.15, 0.2) is 0 Å². The third-order valence-electron chi connectivity index (χ3n) is 3.92. The summed E-state index contributed by atoms with van der Waals surface area (Å²) in [6.07, 6.45) is 1.48. The van der Waals surface area contributed by atoms with Gasteiger partial charge in [0.1, 0.15) is 17.1 Å². The number of nitrogens with zero attached hydrogens (tertiary/aromatic N) is 3. The highest BCUT2D eigenvalue weighted by molar-refractivity contribution is 7.13. The Labute approximate surface area is 154 Å². The van der Waals surface area contributed by atoms with Gasteiger partial charge >= 0.3 is 0 Å². The van der Waals surface area contributed by atoms with E-state index in [1.165, 1.54) is 29.1 Å². The van der Waals surface area contributed by atoms with Crippen LogP contribution in [0.3, 0.4) is 0 Å². The Kier molecular flexibility index (Phi) is 5.22. The number of carbonyl (C=O) groups excluding carboxylic acids is 1. The van der Waals surface area contributed by atoms with Crippen LogP contribution < -0.4 is 10.6 Å². The Hall–Kier alpha value is -2.87. The molecule has 1 amide bonds. The van der Waals surface area contributed by atoms with Crippen molar-refractivity contribution in [3.63, 3.8) is 0 Å². The second-order valence-electron chi connectivity index (χ2n) is 6.35. The van der Waals surface area contributed by atoms with Gasteiger partial charge in [-0.3, -0.25) is 10.1 Å². The summed E-state index contributed by atoms with van der Waals surface area (Å²) < 4.78 is 14.0. The van der Waals surface area contributed by atoms with E-state index in [0.717, 1.165) is 0 Å². The van der Waals surface area contributed by atoms with Gasteiger partial charge in [-0.25, -0.2) is 9.37 Å². The SMILES string of the molecule is CC(C)(CNc1ccc(C(=O)Nc2nncs2)cn1)c1ccccc1F. The molecule has 0 atom stereocenters. The summed E-state index contributed by atoms with van der Waals surface area (Å²) >= 11 is 1.24. The van der Waals surface area contributed by atoms with Crippen molar-refractivity contribution in [1.29, 1.82) is 0 Å². The third-order valence-corrected chi connectivity index (χ3v) is 4.53. The summed E-state index contributed by atoms with van der Waals surface area (Å²) in [6, 6.07) is 10.1. The Balaban J connectivity index is 1.62. The first-order valence-corrected chi connectivity index (χ1v) is 8.86. The highest BCUT2D eigenvalue weighted by Gasteiger charge is 2.23. The molecule has 0 saturated carbocycles. The zero-order valence-electron chi connectivity index (χ0n) is 14.4. The maximum Gasteiger partial charge on any atom is 0.259 e. The minimum absolute atomic E-state index is 0.226. The van der Waals surface area contributed by atoms with Crippen molar-refractivity contribution in [1.82, 2.24) is 15.2 Å². The molecular weight excluding hydrogens is 353 g/mol. The molecule has 3 aromatic rings. The second kappa shape index (κ2) is 7.57. The number of benzene rings is 1. The molecule has 0 spiro atoms. The van der Waals surface area contributed by atoms with E-state index in [2.05, 4.69) is 25.8 Å². The molecule has 8 heteroatoms. The van der Waals surface area contributed by atoms with Gasteiger partial charge in [-0.05, 0) is 23.8 Å². The van der Waals surface area contributed by atoms with Crippen molar-refractivity contribution in [3.8, 4) is 0 Å². The molecule has 1 aromatic carbocycles. The van der Waals surface area contributed by atoms with Crippen LogP contribution in [0.1, 0.15) is 29.8 Å². The minimum atomic E-state index is -0.416. The van der Waals surface area contributed by atoms with Gasteiger partial charge in [0.2, 0.25) is 5.13 Å². The Morgan fingerprint density at radius 2 is 2.04 bits per heavy atom. The molecule has 0 fully saturated rings. The van der Waals surface area contributed by atoms with E-state index < -0.39 is 5.41 Å². The maximum absolute atomic E-state index is 14.0. The van der Waals surface area contributed by atoms with Crippen LogP contribution in [0.5, 0.6) is 0 Å². The topological polar surface area (TPSA) is 79.8 Å². The van der Waals surface area contributed by atoms with E-state index in [0.29, 0.717) is 28.6 Å². The van der Waals surface area contributed by atoms with Crippen molar-refractivity contribution in [2.24, 2.45) is 0 Å². The van der Waals surface area contributed by atoms with Gasteiger partial charge in [0.25, 0.3) is 5.91 Å². The lowest BCUT2D eigenvalue weighted by Crippen LogP contribution is -2.29. The predicted octanol–water partition coefficient (Wildman–Crippen LogP) is 3.71. The molecule has 0 unspecified atom stereocenters. The third kappa shape index (κ3) is 4.20. The van der Waals surface area contributed by atoms with Crippen LogP contribution in [0.2, 0.25) is 0 Å². The Morgan fingerprint density at radius 3 is 2.69 bits per heavy atom. The molecule has 134 valence electrons. The Morgan fingerprint density at radius 1 is 1.23 bits per heavy atom. The molecule has 2 heterocycles. The second-order valence-corrected chi connectivity index (χ2v) is 7.18. The van der Waals surface area contributed by atoms with Crippen LogP contribution >= 0.6 is 11.3 Å². The molecule has 0 aliphatic heterocycles. The van der Waals surface area contributed by atoms with Crippen LogP contribution in [-0.4, -0.2) is 27.6 Å². The number of anilines is 2. The van der Waals surface area contributed by atoms with Crippen molar-refractivity contribution < 1.29 is 9.18 Å². The normalized spacial score (nSPS) is 11.2. The van der Waals surface area contributed by atoms with E-state index in [9.17, 15) is 9.18 Å². The van der Waals surface area contributed by atoms with Gasteiger partial charge in [-0.15, -0.1) is 10.2 Å². The van der Waals surface area contributed by atoms with Gasteiger partial charge in [-0.1, -0.05) is 43.4 Å². The first-order valence-electron chi connectivity index (χ1n) is 7.98. The standard InChI is InChI=1S/C18H18FN5OS/c1-18(2,13-5-3-4-6-14(13)19)10-21-15-8-7-12(9-20-15)16(25)23-17-24-22-11-26-17/h3-9,11H,10H2,1-2H3,(H,20,21)(H,23,24,25). The van der Waals surface area contributed by atoms with Crippen molar-refractivity contribution in [2.45, 2.75) is 19.3 Å². The maximum atomic E-state index is 14.0. The number of pyridine rings is 1. The van der Waals surface area contributed by atoms with Gasteiger partial charge in [0, 0.05) is 18.2 Å². The van der Waals surface area contributed by atoms with Crippen LogP contribution in [0.4, 0.5) is 15.3 Å². The fraction of sp³-hybridized carbons (Fsp3) is 0.222. The monoisotopic (exact) mass is 371 g/mol. The number of halogens is 1. The summed E-state index contributed by atoms with van der Waals surface area (Å²) in [5.41, 5.74) is 2.18. The summed E-state index contributed by atoms with van der Waals surface area (Å²) in [5.74, 6) is 0.0883. The molecule has 0 saturated heterocycles. The average Bonchev–Trinajstić information content (AvgIpc) is 3.14. The summed E-state index contributed by atoms with van der Waals surface area (Å²) in [7, 11) is 0. The zero-order chi connectivity index (χ0) is 18.6. The molecule has 0 bridgehead atoms. The first-order chi connectivity index (χ1) is 12.5. The summed E-state index contributed by atoms with van der Waals surface area (Å²) in [4.78, 5) is 16.3. The lowest BCUT2D eigenvalue weighted by Gasteiger charge is -2.26. The van der Waals surface area contributed by atoms with Crippen molar-refractivity contribution >= 4 is 28.2 Å². The molecular formula is C18H18FN5OS. The van der Waals surface area contributed by atoms with E-state index in [4.69, 9.17) is 0 Å². The molecule has 0 radical (unpaired) electrons. The average molecular weight is 371 g/mol. The molecule has 0 aliphatic rings. The number of carbonyl (C=O) groups is 1. The minimum Gasteiger partial charge on any atom is -0.369 e. The number of rotatable bonds is 6. The molecule has 0 aliphatic carbocycles. The molecule has 6 nitrogen and oxygen atoms in total. The molecule has 3 rings (SSSR count). The van der Waals surface area contributed by atoms with Gasteiger partial charge < -0.3 is 5.32 Å². The molecule has 2 N–H and O–H groups in total. The smallest absolute Gasteiger partial charge is 0.259 e. The lowest BCUT2D eigenvalue weighted by atomic mass is 9.84. The number of hydrogen-bond acceptors (Lipinski definition) is 6. The van der Waals surface area contributed by atoms with Crippen LogP contribution in [0, 0.1) is 5.82 Å². The van der Waals surface area contributed by atoms with Crippen LogP contribution in [0.15, 0.2) is 48.1 Å². The fourth-order valence-electron chi connectivity index (χ4n) is 2.45. The van der Waals surface area contributed by atoms with E-state index in [1.807, 2.05) is 19.9 Å².